The van der Waals surface area contributed by atoms with Crippen LogP contribution in [0.3, 0.4) is 0 Å². The molecule has 0 unspecified atom stereocenters. The molecule has 0 heterocycles. The lowest BCUT2D eigenvalue weighted by Crippen LogP contribution is -2.39. The molecule has 1 aromatic carbocycles. The zero-order valence-corrected chi connectivity index (χ0v) is 11.0. The second-order valence-corrected chi connectivity index (χ2v) is 4.19. The molecule has 0 saturated carbocycles. The third-order valence-corrected chi connectivity index (χ3v) is 3.39. The van der Waals surface area contributed by atoms with Crippen LogP contribution in [0.5, 0.6) is 5.75 Å². The van der Waals surface area contributed by atoms with Crippen molar-refractivity contribution in [2.45, 2.75) is 38.9 Å². The molecule has 0 aromatic heterocycles. The summed E-state index contributed by atoms with van der Waals surface area (Å²) in [4.78, 5) is 0. The summed E-state index contributed by atoms with van der Waals surface area (Å²) in [7, 11) is 1.68. The zero-order valence-electron chi connectivity index (χ0n) is 11.0. The molecule has 0 amide bonds. The largest absolute Gasteiger partial charge is 0.496 e. The molecule has 0 atom stereocenters. The van der Waals surface area contributed by atoms with E-state index in [1.165, 1.54) is 0 Å². The van der Waals surface area contributed by atoms with Gasteiger partial charge in [0.05, 0.1) is 19.3 Å². The summed E-state index contributed by atoms with van der Waals surface area (Å²) >= 11 is 0. The molecule has 0 fully saturated rings. The first kappa shape index (κ1) is 14.0. The number of ether oxygens (including phenoxy) is 2. The highest BCUT2D eigenvalue weighted by atomic mass is 16.5. The lowest BCUT2D eigenvalue weighted by molar-refractivity contribution is -0.0558. The van der Waals surface area contributed by atoms with Gasteiger partial charge < -0.3 is 15.2 Å². The van der Waals surface area contributed by atoms with Gasteiger partial charge in [0.25, 0.3) is 0 Å². The molecule has 0 aliphatic carbocycles. The highest BCUT2D eigenvalue weighted by Gasteiger charge is 2.25. The number of rotatable bonds is 7. The summed E-state index contributed by atoms with van der Waals surface area (Å²) in [6.45, 7) is 5.31. The first-order chi connectivity index (χ1) is 8.21. The quantitative estimate of drug-likeness (QED) is 0.793. The van der Waals surface area contributed by atoms with Crippen molar-refractivity contribution < 1.29 is 9.47 Å². The van der Waals surface area contributed by atoms with Crippen molar-refractivity contribution in [3.8, 4) is 5.75 Å². The molecule has 3 heteroatoms. The zero-order chi connectivity index (χ0) is 12.7. The summed E-state index contributed by atoms with van der Waals surface area (Å²) in [6, 6.07) is 7.91. The second-order valence-electron chi connectivity index (χ2n) is 4.19. The van der Waals surface area contributed by atoms with Crippen molar-refractivity contribution in [1.82, 2.24) is 0 Å². The third-order valence-electron chi connectivity index (χ3n) is 3.39. The first-order valence-corrected chi connectivity index (χ1v) is 6.17. The normalized spacial score (nSPS) is 11.5. The van der Waals surface area contributed by atoms with E-state index in [4.69, 9.17) is 15.2 Å². The highest BCUT2D eigenvalue weighted by Crippen LogP contribution is 2.24. The summed E-state index contributed by atoms with van der Waals surface area (Å²) < 4.78 is 11.3. The molecule has 0 radical (unpaired) electrons. The van der Waals surface area contributed by atoms with Crippen LogP contribution in [0.25, 0.3) is 0 Å². The molecular formula is C14H23NO2. The molecule has 17 heavy (non-hydrogen) atoms. The van der Waals surface area contributed by atoms with Crippen LogP contribution in [-0.4, -0.2) is 19.3 Å². The van der Waals surface area contributed by atoms with E-state index in [1.54, 1.807) is 7.11 Å². The van der Waals surface area contributed by atoms with Crippen LogP contribution < -0.4 is 10.5 Å². The number of para-hydroxylation sites is 1. The molecule has 2 N–H and O–H groups in total. The van der Waals surface area contributed by atoms with Gasteiger partial charge in [-0.15, -0.1) is 0 Å². The Bertz CT molecular complexity index is 326. The standard InChI is InChI=1S/C14H23NO2/c1-4-14(5-2,11-15)17-10-12-8-6-7-9-13(12)16-3/h6-9H,4-5,10-11,15H2,1-3H3. The van der Waals surface area contributed by atoms with Crippen molar-refractivity contribution >= 4 is 0 Å². The van der Waals surface area contributed by atoms with E-state index < -0.39 is 0 Å². The van der Waals surface area contributed by atoms with E-state index in [2.05, 4.69) is 13.8 Å². The number of methoxy groups -OCH3 is 1. The fraction of sp³-hybridized carbons (Fsp3) is 0.571. The topological polar surface area (TPSA) is 44.5 Å². The SMILES string of the molecule is CCC(CC)(CN)OCc1ccccc1OC. The minimum absolute atomic E-state index is 0.207. The minimum atomic E-state index is -0.207. The van der Waals surface area contributed by atoms with Crippen molar-refractivity contribution in [2.24, 2.45) is 5.73 Å². The lowest BCUT2D eigenvalue weighted by Gasteiger charge is -2.30. The Morgan fingerprint density at radius 2 is 1.82 bits per heavy atom. The average molecular weight is 237 g/mol. The fourth-order valence-electron chi connectivity index (χ4n) is 1.85. The predicted molar refractivity (Wildman–Crippen MR) is 70.2 cm³/mol. The van der Waals surface area contributed by atoms with Crippen molar-refractivity contribution in [2.75, 3.05) is 13.7 Å². The lowest BCUT2D eigenvalue weighted by atomic mass is 9.97. The summed E-state index contributed by atoms with van der Waals surface area (Å²) in [5.41, 5.74) is 6.66. The Kier molecular flexibility index (Phi) is 5.45. The van der Waals surface area contributed by atoms with Crippen LogP contribution in [0.15, 0.2) is 24.3 Å². The van der Waals surface area contributed by atoms with E-state index >= 15 is 0 Å². The predicted octanol–water partition coefficient (Wildman–Crippen LogP) is 2.73. The molecule has 0 saturated heterocycles. The maximum atomic E-state index is 6.00. The number of nitrogens with two attached hydrogens (primary N) is 1. The van der Waals surface area contributed by atoms with Gasteiger partial charge in [-0.05, 0) is 18.9 Å². The van der Waals surface area contributed by atoms with Crippen LogP contribution >= 0.6 is 0 Å². The Balaban J connectivity index is 2.71. The van der Waals surface area contributed by atoms with Crippen LogP contribution in [0.1, 0.15) is 32.3 Å². The van der Waals surface area contributed by atoms with Crippen molar-refractivity contribution in [1.29, 1.82) is 0 Å². The molecule has 0 aliphatic heterocycles. The van der Waals surface area contributed by atoms with E-state index in [0.717, 1.165) is 24.2 Å². The van der Waals surface area contributed by atoms with Gasteiger partial charge in [-0.2, -0.15) is 0 Å². The maximum absolute atomic E-state index is 6.00. The Morgan fingerprint density at radius 3 is 2.35 bits per heavy atom. The van der Waals surface area contributed by atoms with E-state index in [0.29, 0.717) is 13.2 Å². The highest BCUT2D eigenvalue weighted by molar-refractivity contribution is 5.32. The van der Waals surface area contributed by atoms with Crippen molar-refractivity contribution in [3.05, 3.63) is 29.8 Å². The molecule has 0 aliphatic rings. The summed E-state index contributed by atoms with van der Waals surface area (Å²) in [5, 5.41) is 0. The number of hydrogen-bond acceptors (Lipinski definition) is 3. The Labute approximate surface area is 104 Å². The monoisotopic (exact) mass is 237 g/mol. The third kappa shape index (κ3) is 3.45. The first-order valence-electron chi connectivity index (χ1n) is 6.17. The minimum Gasteiger partial charge on any atom is -0.496 e. The van der Waals surface area contributed by atoms with Crippen molar-refractivity contribution in [3.63, 3.8) is 0 Å². The van der Waals surface area contributed by atoms with Gasteiger partial charge in [-0.25, -0.2) is 0 Å². The molecule has 96 valence electrons. The van der Waals surface area contributed by atoms with Crippen LogP contribution in [0, 0.1) is 0 Å². The smallest absolute Gasteiger partial charge is 0.124 e. The van der Waals surface area contributed by atoms with Gasteiger partial charge in [0, 0.05) is 12.1 Å². The molecule has 0 bridgehead atoms. The van der Waals surface area contributed by atoms with E-state index in [1.807, 2.05) is 24.3 Å². The van der Waals surface area contributed by atoms with Gasteiger partial charge in [-0.1, -0.05) is 32.0 Å². The fourth-order valence-corrected chi connectivity index (χ4v) is 1.85. The van der Waals surface area contributed by atoms with Gasteiger partial charge in [0.2, 0.25) is 0 Å². The van der Waals surface area contributed by atoms with E-state index in [9.17, 15) is 0 Å². The van der Waals surface area contributed by atoms with Gasteiger partial charge >= 0.3 is 0 Å². The molecular weight excluding hydrogens is 214 g/mol. The Morgan fingerprint density at radius 1 is 1.18 bits per heavy atom. The second kappa shape index (κ2) is 6.62. The summed E-state index contributed by atoms with van der Waals surface area (Å²) in [6.07, 6.45) is 1.85. The van der Waals surface area contributed by atoms with Crippen LogP contribution in [0.2, 0.25) is 0 Å². The van der Waals surface area contributed by atoms with Crippen LogP contribution in [-0.2, 0) is 11.3 Å². The van der Waals surface area contributed by atoms with Gasteiger partial charge in [0.15, 0.2) is 0 Å². The van der Waals surface area contributed by atoms with Gasteiger partial charge in [0.1, 0.15) is 5.75 Å². The van der Waals surface area contributed by atoms with E-state index in [-0.39, 0.29) is 5.60 Å². The molecule has 1 aromatic rings. The van der Waals surface area contributed by atoms with Gasteiger partial charge in [-0.3, -0.25) is 0 Å². The average Bonchev–Trinajstić information content (AvgIpc) is 2.41. The molecule has 1 rings (SSSR count). The number of benzene rings is 1. The maximum Gasteiger partial charge on any atom is 0.124 e. The number of hydrogen-bond donors (Lipinski definition) is 1. The molecule has 0 spiro atoms. The molecule has 3 nitrogen and oxygen atoms in total. The summed E-state index contributed by atoms with van der Waals surface area (Å²) in [5.74, 6) is 0.866. The van der Waals surface area contributed by atoms with Crippen LogP contribution in [0.4, 0.5) is 0 Å². The Hall–Kier alpha value is -1.06.